The van der Waals surface area contributed by atoms with Crippen LogP contribution in [0.15, 0.2) is 24.3 Å². The fourth-order valence-corrected chi connectivity index (χ4v) is 14.6. The van der Waals surface area contributed by atoms with Crippen LogP contribution in [0.5, 0.6) is 28.7 Å². The van der Waals surface area contributed by atoms with Gasteiger partial charge in [0.25, 0.3) is 0 Å². The second-order valence-corrected chi connectivity index (χ2v) is 24.7. The molecule has 0 saturated heterocycles. The van der Waals surface area contributed by atoms with Crippen LogP contribution in [-0.2, 0) is 17.6 Å². The third-order valence-electron chi connectivity index (χ3n) is 18.4. The molecule has 0 bridgehead atoms. The molecular weight excluding hydrogens is 1150 g/mol. The van der Waals surface area contributed by atoms with Crippen molar-refractivity contribution in [1.82, 2.24) is 0 Å². The van der Waals surface area contributed by atoms with Crippen LogP contribution in [0.4, 0.5) is 0 Å². The number of nitrogens with zero attached hydrogens (tertiary/aromatic N) is 1. The van der Waals surface area contributed by atoms with E-state index in [1.54, 1.807) is 21.3 Å². The molecule has 4 rings (SSSR count). The monoisotopic (exact) mass is 1190 g/mol. The predicted octanol–water partition coefficient (Wildman–Crippen LogP) is -21.8. The summed E-state index contributed by atoms with van der Waals surface area (Å²) in [6, 6.07) is 7.53. The predicted molar refractivity (Wildman–Crippen MR) is 449 cm³/mol. The van der Waals surface area contributed by atoms with Gasteiger partial charge in [0, 0.05) is 429 Å². The van der Waals surface area contributed by atoms with E-state index in [-0.39, 0.29) is 49.0 Å². The smallest absolute Gasteiger partial charge is 0.231 e. The van der Waals surface area contributed by atoms with Crippen molar-refractivity contribution < 1.29 is 56.9 Å². The summed E-state index contributed by atoms with van der Waals surface area (Å²) in [5, 5.41) is 0. The van der Waals surface area contributed by atoms with E-state index in [0.717, 1.165) is 29.7 Å². The maximum absolute atomic E-state index is 13.3. The fourth-order valence-electron chi connectivity index (χ4n) is 14.6. The van der Waals surface area contributed by atoms with Gasteiger partial charge >= 0.3 is 0 Å². The number of likely N-dealkylation sites (N-methyl/N-ethyl adjacent to an activating group) is 1. The molecule has 0 N–H and O–H groups in total. The number of hydrogen-bond donors (Lipinski definition) is 0. The molecule has 1 unspecified atom stereocenters. The lowest BCUT2D eigenvalue weighted by Crippen LogP contribution is -3.00. The minimum atomic E-state index is -1.53. The first-order chi connectivity index (χ1) is 41.2. The number of carbonyl (C=O) groups is 1. The van der Waals surface area contributed by atoms with E-state index < -0.39 is 179 Å². The highest BCUT2D eigenvalue weighted by molar-refractivity contribution is 8.37. The van der Waals surface area contributed by atoms with Crippen molar-refractivity contribution in [2.45, 2.75) is 25.3 Å². The van der Waals surface area contributed by atoms with Crippen LogP contribution >= 0.6 is 0 Å². The van der Waals surface area contributed by atoms with Crippen molar-refractivity contribution in [3.8, 4) is 28.7 Å². The molecule has 2 aliphatic rings. The normalized spacial score (nSPS) is 12.6. The number of benzene rings is 2. The quantitative estimate of drug-likeness (QED) is 0.0395. The van der Waals surface area contributed by atoms with E-state index in [4.69, 9.17) is 256 Å². The minimum absolute atomic E-state index is 0. The van der Waals surface area contributed by atoms with E-state index in [2.05, 4.69) is 14.1 Å². The Morgan fingerprint density at radius 2 is 0.767 bits per heavy atom. The summed E-state index contributed by atoms with van der Waals surface area (Å²) in [6.45, 7) is 1.11. The summed E-state index contributed by atoms with van der Waals surface area (Å²) >= 11 is 0. The van der Waals surface area contributed by atoms with Gasteiger partial charge < -0.3 is 52.1 Å². The highest BCUT2D eigenvalue weighted by Crippen LogP contribution is 2.51. The van der Waals surface area contributed by atoms with E-state index >= 15 is 0 Å². The molecule has 1 atom stereocenters. The second kappa shape index (κ2) is 39.5. The van der Waals surface area contributed by atoms with Crippen molar-refractivity contribution in [2.75, 3.05) is 48.8 Å². The summed E-state index contributed by atoms with van der Waals surface area (Å²) in [4.78, 5) is 13.3. The summed E-state index contributed by atoms with van der Waals surface area (Å²) in [5.41, 5.74) is 3.04. The molecule has 66 heteroatoms. The van der Waals surface area contributed by atoms with Crippen molar-refractivity contribution in [2.24, 2.45) is 0 Å². The number of fused-ring (bicyclic) bond motifs is 2. The highest BCUT2D eigenvalue weighted by Gasteiger charge is 2.62. The van der Waals surface area contributed by atoms with Crippen LogP contribution in [0.25, 0.3) is 0 Å². The molecule has 0 aliphatic carbocycles. The maximum Gasteiger partial charge on any atom is 0.231 e. The first-order valence-electron chi connectivity index (χ1n) is 29.4. The Labute approximate surface area is 611 Å². The number of ether oxygens (including phenoxy) is 5. The molecule has 0 amide bonds. The van der Waals surface area contributed by atoms with Gasteiger partial charge in [-0.3, -0.25) is 4.79 Å². The standard InChI is InChI=1S/C24H30NO6.B58.HI/c1-25(2)9-8-15-12-21-23(31-14-30-21)24(29-5)22(15)19(25)13-17(26)10-16-11-18(27-3)6-7-20(16)28-4;1-31(2)46(32(3)4)53(45(29)30)57(54(47(33(5)6)34(7)8)48(35(9)10)36(11)12)58(55(49(37(13)14)38(15)16)50(39(17)18)40(19)20)56(51(41(21)22)42(23)24)52(43(25)26)44(27)28;/h6-7,11-12,19H,8-10,13-14H2,1-5H3;;1H/q+1;;/p-1. The van der Waals surface area contributed by atoms with Crippen LogP contribution in [0.1, 0.15) is 29.2 Å². The molecule has 7 nitrogen and oxygen atoms in total. The van der Waals surface area contributed by atoms with Crippen molar-refractivity contribution in [3.63, 3.8) is 0 Å². The van der Waals surface area contributed by atoms with E-state index in [9.17, 15) is 4.79 Å². The van der Waals surface area contributed by atoms with Crippen molar-refractivity contribution in [1.29, 1.82) is 0 Å². The van der Waals surface area contributed by atoms with Gasteiger partial charge in [0.1, 0.15) is 23.3 Å². The number of quaternary nitrogens is 1. The minimum Gasteiger partial charge on any atom is -1.00 e. The van der Waals surface area contributed by atoms with Gasteiger partial charge in [-0.1, -0.05) is 0 Å². The zero-order chi connectivity index (χ0) is 68.3. The average molecular weight is 1180 g/mol. The number of halogens is 1. The fraction of sp³-hybridized carbons (Fsp3) is 0.458. The van der Waals surface area contributed by atoms with E-state index in [1.807, 2.05) is 24.3 Å². The Morgan fingerprint density at radius 1 is 0.444 bits per heavy atom. The lowest BCUT2D eigenvalue weighted by atomic mass is 8.23. The molecule has 2 heterocycles. The zero-order valence-corrected chi connectivity index (χ0v) is 54.8. The van der Waals surface area contributed by atoms with Crippen molar-refractivity contribution >= 4 is 417 Å². The summed E-state index contributed by atoms with van der Waals surface area (Å²) in [6.07, 6.45) is -37.7. The number of Topliss-reactive ketones (excluding diaryl/α,β-unsaturated/α-hetero) is 1. The average Bonchev–Trinajstić information content (AvgIpc) is 0.858. The molecule has 0 fully saturated rings. The molecule has 0 spiro atoms. The largest absolute Gasteiger partial charge is 1.00 e. The Hall–Kier alpha value is 1.57. The Morgan fingerprint density at radius 3 is 1.08 bits per heavy atom. The highest BCUT2D eigenvalue weighted by atomic mass is 127. The summed E-state index contributed by atoms with van der Waals surface area (Å²) < 4.78 is 28.6. The number of methoxy groups -OCH3 is 3. The van der Waals surface area contributed by atoms with Gasteiger partial charge in [-0.05, 0) is 29.8 Å². The Balaban J connectivity index is 0.000000715. The summed E-state index contributed by atoms with van der Waals surface area (Å²) in [7, 11) is 206. The molecular formula is C24H30B58INO6. The molecule has 0 saturated carbocycles. The van der Waals surface area contributed by atoms with Gasteiger partial charge in [0.15, 0.2) is 11.5 Å². The third kappa shape index (κ3) is 22.0. The van der Waals surface area contributed by atoms with E-state index in [1.165, 1.54) is 0 Å². The maximum atomic E-state index is 13.3. The number of rotatable bonds is 34. The van der Waals surface area contributed by atoms with Crippen LogP contribution in [-0.4, -0.2) is 470 Å². The Kier molecular flexibility index (Phi) is 38.5. The van der Waals surface area contributed by atoms with E-state index in [0.29, 0.717) is 39.7 Å². The number of ketones is 1. The number of hydrogen-bond acceptors (Lipinski definition) is 6. The molecule has 0 aromatic heterocycles. The molecule has 2 aliphatic heterocycles. The second-order valence-electron chi connectivity index (χ2n) is 24.7. The topological polar surface area (TPSA) is 63.2 Å². The first-order valence-corrected chi connectivity index (χ1v) is 29.4. The molecule has 60 radical (unpaired) electrons. The lowest BCUT2D eigenvalue weighted by Gasteiger charge is -2.58. The molecule has 2 aromatic carbocycles. The molecule has 348 valence electrons. The lowest BCUT2D eigenvalue weighted by molar-refractivity contribution is -0.922. The first kappa shape index (κ1) is 87.7. The van der Waals surface area contributed by atoms with Crippen LogP contribution < -0.4 is 47.7 Å². The van der Waals surface area contributed by atoms with Crippen LogP contribution in [0.3, 0.4) is 0 Å². The van der Waals surface area contributed by atoms with Crippen molar-refractivity contribution in [3.05, 3.63) is 41.0 Å². The number of carbonyl (C=O) groups excluding carboxylic acids is 1. The van der Waals surface area contributed by atoms with Gasteiger partial charge in [0.2, 0.25) is 12.5 Å². The third-order valence-corrected chi connectivity index (χ3v) is 18.4. The van der Waals surface area contributed by atoms with Crippen LogP contribution in [0, 0.1) is 0 Å². The SMILES string of the molecule is COc1ccc(OC)c(CC(=O)CC2c3c(cc4c(c3OC)OCO4)CC[N+]2(C)C)c1.[B]B([B])B(B([B])[B])B(B([B])[B])B(B(B(B([B])[B])B([B])[B])B(B([B])[B])B([B])[B])B(B(B(B([B])[B])B([B])[B])B(B([B])[B])B([B])[B])B(B(B([B])[B])B([B])[B])B(B([B])[B])B([B])[B].[I-]. The Bertz CT molecular complexity index is 2300. The van der Waals surface area contributed by atoms with Gasteiger partial charge in [-0.25, -0.2) is 0 Å². The van der Waals surface area contributed by atoms with Crippen LogP contribution in [0.2, 0.25) is 0 Å². The van der Waals surface area contributed by atoms with Gasteiger partial charge in [-0.2, -0.15) is 0 Å². The van der Waals surface area contributed by atoms with Gasteiger partial charge in [-0.15, -0.1) is 0 Å². The summed E-state index contributed by atoms with van der Waals surface area (Å²) in [5.74, 6) is 3.57. The van der Waals surface area contributed by atoms with Gasteiger partial charge in [0.05, 0.1) is 54.0 Å². The zero-order valence-electron chi connectivity index (χ0n) is 52.7. The molecule has 2 aromatic rings. The molecule has 90 heavy (non-hydrogen) atoms.